The zero-order valence-corrected chi connectivity index (χ0v) is 20.2. The number of benzene rings is 1. The lowest BCUT2D eigenvalue weighted by molar-refractivity contribution is 0.444. The van der Waals surface area contributed by atoms with Gasteiger partial charge in [-0.15, -0.1) is 11.3 Å². The summed E-state index contributed by atoms with van der Waals surface area (Å²) in [6.45, 7) is 2.69. The summed E-state index contributed by atoms with van der Waals surface area (Å²) >= 11 is 1.67. The van der Waals surface area contributed by atoms with Gasteiger partial charge in [0.15, 0.2) is 5.96 Å². The Morgan fingerprint density at radius 2 is 2.18 bits per heavy atom. The first-order valence-electron chi connectivity index (χ1n) is 9.91. The second-order valence-corrected chi connectivity index (χ2v) is 10.0. The number of rotatable bonds is 10. The topological polar surface area (TPSA) is 154 Å². The molecular formula is C19H24N10OS3. The van der Waals surface area contributed by atoms with Gasteiger partial charge in [-0.2, -0.15) is 21.2 Å². The number of nitrogens with one attached hydrogen (secondary N) is 3. The Labute approximate surface area is 202 Å². The molecule has 0 aliphatic carbocycles. The van der Waals surface area contributed by atoms with E-state index in [4.69, 9.17) is 11.5 Å². The normalized spacial score (nSPS) is 15.2. The molecule has 14 heteroatoms. The van der Waals surface area contributed by atoms with Crippen molar-refractivity contribution < 1.29 is 4.21 Å². The van der Waals surface area contributed by atoms with Crippen molar-refractivity contribution in [3.8, 4) is 11.3 Å². The van der Waals surface area contributed by atoms with Crippen LogP contribution in [0, 0.1) is 6.92 Å². The maximum Gasteiger partial charge on any atom is 0.258 e. The number of aliphatic imine (C=N–C) groups is 1. The molecule has 0 bridgehead atoms. The highest BCUT2D eigenvalue weighted by molar-refractivity contribution is 7.98. The quantitative estimate of drug-likeness (QED) is 0.160. The molecule has 11 nitrogen and oxygen atoms in total. The molecular weight excluding hydrogens is 480 g/mol. The number of guanidine groups is 1. The highest BCUT2D eigenvalue weighted by Gasteiger charge is 2.22. The predicted molar refractivity (Wildman–Crippen MR) is 135 cm³/mol. The summed E-state index contributed by atoms with van der Waals surface area (Å²) in [7, 11) is 0. The number of anilines is 1. The van der Waals surface area contributed by atoms with Gasteiger partial charge in [0.2, 0.25) is 5.13 Å². The number of aryl methyl sites for hydroxylation is 1. The molecule has 1 aromatic carbocycles. The number of hydrogen-bond donors (Lipinski definition) is 5. The van der Waals surface area contributed by atoms with Crippen molar-refractivity contribution in [3.63, 3.8) is 0 Å². The fraction of sp³-hybridized carbons (Fsp3) is 0.211. The van der Waals surface area contributed by atoms with Crippen molar-refractivity contribution >= 4 is 51.0 Å². The van der Waals surface area contributed by atoms with E-state index in [0.29, 0.717) is 11.7 Å². The van der Waals surface area contributed by atoms with Crippen LogP contribution in [-0.2, 0) is 16.9 Å². The average Bonchev–Trinajstić information content (AvgIpc) is 3.50. The van der Waals surface area contributed by atoms with Gasteiger partial charge in [-0.3, -0.25) is 5.43 Å². The molecule has 33 heavy (non-hydrogen) atoms. The van der Waals surface area contributed by atoms with Crippen molar-refractivity contribution in [2.75, 3.05) is 17.7 Å². The number of aromatic amines is 1. The molecule has 7 N–H and O–H groups in total. The summed E-state index contributed by atoms with van der Waals surface area (Å²) in [5.74, 6) is 1.67. The van der Waals surface area contributed by atoms with Crippen LogP contribution >= 0.6 is 23.1 Å². The summed E-state index contributed by atoms with van der Waals surface area (Å²) in [5.41, 5.74) is 21.7. The molecule has 0 saturated heterocycles. The summed E-state index contributed by atoms with van der Waals surface area (Å²) < 4.78 is 15.9. The number of thiazole rings is 1. The monoisotopic (exact) mass is 504 g/mol. The lowest BCUT2D eigenvalue weighted by Crippen LogP contribution is -2.39. The summed E-state index contributed by atoms with van der Waals surface area (Å²) in [4.78, 5) is 15.8. The summed E-state index contributed by atoms with van der Waals surface area (Å²) in [6, 6.07) is 7.64. The average molecular weight is 505 g/mol. The summed E-state index contributed by atoms with van der Waals surface area (Å²) in [6.07, 6.45) is 5.16. The smallest absolute Gasteiger partial charge is 0.258 e. The van der Waals surface area contributed by atoms with Crippen LogP contribution in [0.25, 0.3) is 11.3 Å². The molecule has 3 heterocycles. The van der Waals surface area contributed by atoms with E-state index in [2.05, 4.69) is 30.8 Å². The molecule has 4 rings (SSSR count). The Bertz CT molecular complexity index is 1170. The number of nitrogens with zero attached hydrogens (tertiary/aromatic N) is 5. The third-order valence-electron chi connectivity index (χ3n) is 4.48. The van der Waals surface area contributed by atoms with E-state index in [-0.39, 0.29) is 5.96 Å². The van der Waals surface area contributed by atoms with E-state index in [1.54, 1.807) is 34.9 Å². The number of thioether (sulfide) groups is 1. The van der Waals surface area contributed by atoms with Crippen molar-refractivity contribution in [3.05, 3.63) is 59.8 Å². The molecule has 3 aromatic rings. The van der Waals surface area contributed by atoms with E-state index in [1.165, 1.54) is 15.8 Å². The Morgan fingerprint density at radius 1 is 1.33 bits per heavy atom. The third kappa shape index (κ3) is 6.04. The molecule has 0 fully saturated rings. The predicted octanol–water partition coefficient (Wildman–Crippen LogP) is 2.18. The highest BCUT2D eigenvalue weighted by atomic mass is 32.2. The lowest BCUT2D eigenvalue weighted by atomic mass is 10.1. The number of aromatic nitrogens is 3. The Balaban J connectivity index is 1.27. The molecule has 1 aliphatic rings. The van der Waals surface area contributed by atoms with Gasteiger partial charge in [0, 0.05) is 34.7 Å². The van der Waals surface area contributed by atoms with E-state index < -0.39 is 11.2 Å². The van der Waals surface area contributed by atoms with E-state index >= 15 is 0 Å². The third-order valence-corrected chi connectivity index (χ3v) is 7.32. The van der Waals surface area contributed by atoms with Crippen molar-refractivity contribution in [1.82, 2.24) is 29.2 Å². The minimum atomic E-state index is -1.44. The van der Waals surface area contributed by atoms with Crippen LogP contribution in [0.15, 0.2) is 53.4 Å². The molecule has 1 aliphatic heterocycles. The Kier molecular flexibility index (Phi) is 7.49. The first kappa shape index (κ1) is 23.1. The number of hydrazine groups is 2. The molecule has 174 valence electrons. The number of hydrogen-bond acceptors (Lipinski definition) is 8. The van der Waals surface area contributed by atoms with Crippen LogP contribution in [-0.4, -0.2) is 46.2 Å². The molecule has 0 spiro atoms. The SMILES string of the molecule is Cc1[nH]cnc1CSCCNN1C=CN(Nc2cccc(-c3csc(N=C(N)N)n3)c2)S1=O. The molecule has 0 amide bonds. The van der Waals surface area contributed by atoms with Gasteiger partial charge >= 0.3 is 0 Å². The fourth-order valence-electron chi connectivity index (χ4n) is 2.87. The lowest BCUT2D eigenvalue weighted by Gasteiger charge is -2.21. The van der Waals surface area contributed by atoms with Crippen LogP contribution in [0.2, 0.25) is 0 Å². The Morgan fingerprint density at radius 3 is 2.97 bits per heavy atom. The van der Waals surface area contributed by atoms with Crippen molar-refractivity contribution in [2.45, 2.75) is 12.7 Å². The van der Waals surface area contributed by atoms with Gasteiger partial charge in [0.05, 0.1) is 35.8 Å². The van der Waals surface area contributed by atoms with Crippen molar-refractivity contribution in [2.24, 2.45) is 16.5 Å². The maximum atomic E-state index is 12.8. The largest absolute Gasteiger partial charge is 0.370 e. The van der Waals surface area contributed by atoms with Crippen LogP contribution in [0.3, 0.4) is 0 Å². The maximum absolute atomic E-state index is 12.8. The minimum Gasteiger partial charge on any atom is -0.370 e. The highest BCUT2D eigenvalue weighted by Crippen LogP contribution is 2.28. The van der Waals surface area contributed by atoms with E-state index in [1.807, 2.05) is 36.6 Å². The first-order chi connectivity index (χ1) is 16.0. The fourth-order valence-corrected chi connectivity index (χ4v) is 5.34. The van der Waals surface area contributed by atoms with Gasteiger partial charge < -0.3 is 16.5 Å². The van der Waals surface area contributed by atoms with Gasteiger partial charge in [0.1, 0.15) is 0 Å². The standard InChI is InChI=1S/C19H24N10OS3/c1-13-16(23-12-22-13)10-31-8-5-24-28-6-7-29(33(28)30)27-15-4-2-3-14(9-15)17-11-32-19(25-17)26-18(20)21/h2-4,6-7,9,11-12,24,27H,5,8,10H2,1H3,(H,22,23)(H4,20,21,25,26). The van der Waals surface area contributed by atoms with Gasteiger partial charge in [-0.1, -0.05) is 12.1 Å². The number of imidazole rings is 1. The van der Waals surface area contributed by atoms with E-state index in [9.17, 15) is 4.21 Å². The number of H-pyrrole nitrogens is 1. The van der Waals surface area contributed by atoms with Crippen LogP contribution < -0.4 is 22.3 Å². The van der Waals surface area contributed by atoms with E-state index in [0.717, 1.165) is 39.8 Å². The minimum absolute atomic E-state index is 0.0286. The van der Waals surface area contributed by atoms with Crippen LogP contribution in [0.5, 0.6) is 0 Å². The van der Waals surface area contributed by atoms with Crippen molar-refractivity contribution in [1.29, 1.82) is 0 Å². The first-order valence-corrected chi connectivity index (χ1v) is 13.0. The van der Waals surface area contributed by atoms with Gasteiger partial charge in [-0.05, 0) is 19.1 Å². The van der Waals surface area contributed by atoms with Gasteiger partial charge in [-0.25, -0.2) is 24.0 Å². The zero-order chi connectivity index (χ0) is 23.2. The van der Waals surface area contributed by atoms with Crippen LogP contribution in [0.1, 0.15) is 11.4 Å². The second-order valence-electron chi connectivity index (χ2n) is 6.86. The van der Waals surface area contributed by atoms with Gasteiger partial charge in [0.25, 0.3) is 11.2 Å². The number of nitrogens with two attached hydrogens (primary N) is 2. The Hall–Kier alpha value is -3.07. The zero-order valence-electron chi connectivity index (χ0n) is 17.8. The summed E-state index contributed by atoms with van der Waals surface area (Å²) in [5, 5.41) is 2.37. The van der Waals surface area contributed by atoms with Crippen LogP contribution in [0.4, 0.5) is 10.8 Å². The molecule has 2 aromatic heterocycles. The molecule has 0 radical (unpaired) electrons. The second kappa shape index (κ2) is 10.7. The molecule has 1 atom stereocenters. The molecule has 0 saturated carbocycles. The molecule has 1 unspecified atom stereocenters.